The number of hydrogen-bond acceptors (Lipinski definition) is 2. The van der Waals surface area contributed by atoms with Gasteiger partial charge in [0.05, 0.1) is 11.9 Å². The summed E-state index contributed by atoms with van der Waals surface area (Å²) in [5, 5.41) is 0. The van der Waals surface area contributed by atoms with Crippen LogP contribution in [0.15, 0.2) is 40.8 Å². The highest BCUT2D eigenvalue weighted by atomic mass is 79.9. The van der Waals surface area contributed by atoms with E-state index in [9.17, 15) is 0 Å². The molecule has 1 aliphatic rings. The molecule has 1 aromatic heterocycles. The summed E-state index contributed by atoms with van der Waals surface area (Å²) in [6, 6.07) is 0. The Hall–Kier alpha value is -0.960. The summed E-state index contributed by atoms with van der Waals surface area (Å²) < 4.78 is 0.813. The van der Waals surface area contributed by atoms with Crippen molar-refractivity contribution in [3.63, 3.8) is 0 Å². The van der Waals surface area contributed by atoms with Crippen molar-refractivity contribution in [2.24, 2.45) is 0 Å². The molecule has 0 amide bonds. The largest absolute Gasteiger partial charge is 0.260 e. The molecule has 1 heterocycles. The van der Waals surface area contributed by atoms with Gasteiger partial charge in [0.2, 0.25) is 0 Å². The van der Waals surface area contributed by atoms with Crippen LogP contribution in [0.25, 0.3) is 0 Å². The monoisotopic (exact) mass is 264 g/mol. The Bertz CT molecular complexity index is 396. The summed E-state index contributed by atoms with van der Waals surface area (Å²) in [4.78, 5) is 8.46. The van der Waals surface area contributed by atoms with E-state index >= 15 is 0 Å². The lowest BCUT2D eigenvalue weighted by Gasteiger charge is -2.06. The second-order valence-electron chi connectivity index (χ2n) is 3.59. The van der Waals surface area contributed by atoms with Crippen LogP contribution >= 0.6 is 15.9 Å². The van der Waals surface area contributed by atoms with E-state index < -0.39 is 0 Å². The summed E-state index contributed by atoms with van der Waals surface area (Å²) in [6.45, 7) is 0. The third-order valence-corrected chi connectivity index (χ3v) is 2.78. The first-order valence-corrected chi connectivity index (χ1v) is 5.96. The van der Waals surface area contributed by atoms with Gasteiger partial charge in [-0.1, -0.05) is 23.8 Å². The highest BCUT2D eigenvalue weighted by Crippen LogP contribution is 2.15. The van der Waals surface area contributed by atoms with Gasteiger partial charge in [-0.15, -0.1) is 0 Å². The summed E-state index contributed by atoms with van der Waals surface area (Å²) in [7, 11) is 0. The smallest absolute Gasteiger partial charge is 0.124 e. The van der Waals surface area contributed by atoms with Crippen molar-refractivity contribution in [2.75, 3.05) is 0 Å². The van der Waals surface area contributed by atoms with Gasteiger partial charge in [-0.25, -0.2) is 4.98 Å². The average molecular weight is 265 g/mol. The number of aromatic nitrogens is 2. The van der Waals surface area contributed by atoms with Gasteiger partial charge >= 0.3 is 0 Å². The first-order chi connectivity index (χ1) is 7.34. The summed E-state index contributed by atoms with van der Waals surface area (Å²) in [5.41, 5.74) is 2.47. The third kappa shape index (κ3) is 3.27. The van der Waals surface area contributed by atoms with Crippen LogP contribution in [-0.2, 0) is 6.42 Å². The van der Waals surface area contributed by atoms with E-state index in [-0.39, 0.29) is 0 Å². The highest BCUT2D eigenvalue weighted by molar-refractivity contribution is 9.10. The van der Waals surface area contributed by atoms with Gasteiger partial charge in [-0.3, -0.25) is 4.98 Å². The molecule has 1 aromatic rings. The van der Waals surface area contributed by atoms with E-state index in [2.05, 4.69) is 44.1 Å². The first kappa shape index (κ1) is 10.6. The molecule has 0 atom stereocenters. The Morgan fingerprint density at radius 1 is 1.20 bits per heavy atom. The fourth-order valence-corrected chi connectivity index (χ4v) is 1.97. The summed E-state index contributed by atoms with van der Waals surface area (Å²) in [5.74, 6) is 0. The molecule has 78 valence electrons. The molecular weight excluding hydrogens is 252 g/mol. The van der Waals surface area contributed by atoms with Gasteiger partial charge in [0.1, 0.15) is 4.60 Å². The van der Waals surface area contributed by atoms with E-state index in [1.165, 1.54) is 18.4 Å². The standard InChI is InChI=1S/C12H13BrN2/c13-12-9-14-8-11(15-12)7-6-10-4-2-1-3-5-10/h2,4-5,8-9H,1,3,6-7H2. The second-order valence-corrected chi connectivity index (χ2v) is 4.40. The molecule has 2 rings (SSSR count). The van der Waals surface area contributed by atoms with Crippen LogP contribution in [0, 0.1) is 0 Å². The molecule has 0 spiro atoms. The van der Waals surface area contributed by atoms with E-state index in [1.807, 2.05) is 6.20 Å². The Morgan fingerprint density at radius 2 is 2.13 bits per heavy atom. The van der Waals surface area contributed by atoms with Gasteiger partial charge < -0.3 is 0 Å². The molecule has 3 heteroatoms. The maximum Gasteiger partial charge on any atom is 0.124 e. The molecule has 0 bridgehead atoms. The minimum absolute atomic E-state index is 0.813. The van der Waals surface area contributed by atoms with Crippen LogP contribution < -0.4 is 0 Å². The Balaban J connectivity index is 1.93. The van der Waals surface area contributed by atoms with Crippen LogP contribution in [0.1, 0.15) is 25.0 Å². The molecule has 0 N–H and O–H groups in total. The van der Waals surface area contributed by atoms with E-state index in [1.54, 1.807) is 6.20 Å². The zero-order chi connectivity index (χ0) is 10.5. The van der Waals surface area contributed by atoms with Gasteiger partial charge in [-0.2, -0.15) is 0 Å². The van der Waals surface area contributed by atoms with Crippen LogP contribution in [0.5, 0.6) is 0 Å². The van der Waals surface area contributed by atoms with Crippen molar-refractivity contribution in [2.45, 2.75) is 25.7 Å². The molecule has 0 unspecified atom stereocenters. The lowest BCUT2D eigenvalue weighted by molar-refractivity contribution is 0.875. The minimum Gasteiger partial charge on any atom is -0.260 e. The molecule has 0 fully saturated rings. The number of allylic oxidation sites excluding steroid dienone is 4. The van der Waals surface area contributed by atoms with Crippen molar-refractivity contribution in [3.05, 3.63) is 46.5 Å². The molecule has 1 aliphatic carbocycles. The number of hydrogen-bond donors (Lipinski definition) is 0. The fourth-order valence-electron chi connectivity index (χ4n) is 1.63. The molecule has 0 saturated carbocycles. The molecule has 15 heavy (non-hydrogen) atoms. The summed E-state index contributed by atoms with van der Waals surface area (Å²) in [6.07, 6.45) is 14.7. The van der Waals surface area contributed by atoms with E-state index in [0.717, 1.165) is 23.1 Å². The first-order valence-electron chi connectivity index (χ1n) is 5.16. The summed E-state index contributed by atoms with van der Waals surface area (Å²) >= 11 is 3.33. The maximum absolute atomic E-state index is 4.36. The molecular formula is C12H13BrN2. The van der Waals surface area contributed by atoms with Gasteiger partial charge in [-0.05, 0) is 41.6 Å². The zero-order valence-corrected chi connectivity index (χ0v) is 10.1. The number of rotatable bonds is 3. The molecule has 2 nitrogen and oxygen atoms in total. The van der Waals surface area contributed by atoms with Crippen LogP contribution in [0.4, 0.5) is 0 Å². The Morgan fingerprint density at radius 3 is 2.87 bits per heavy atom. The minimum atomic E-state index is 0.813. The predicted molar refractivity (Wildman–Crippen MR) is 64.5 cm³/mol. The lowest BCUT2D eigenvalue weighted by atomic mass is 10.0. The average Bonchev–Trinajstić information content (AvgIpc) is 2.28. The topological polar surface area (TPSA) is 25.8 Å². The zero-order valence-electron chi connectivity index (χ0n) is 8.49. The molecule has 0 aliphatic heterocycles. The van der Waals surface area contributed by atoms with Crippen molar-refractivity contribution < 1.29 is 0 Å². The van der Waals surface area contributed by atoms with Crippen molar-refractivity contribution >= 4 is 15.9 Å². The SMILES string of the molecule is Brc1cncc(CCC2=CCCC=C2)n1. The molecule has 0 aromatic carbocycles. The Labute approximate surface area is 98.3 Å². The van der Waals surface area contributed by atoms with E-state index in [4.69, 9.17) is 0 Å². The van der Waals surface area contributed by atoms with Crippen molar-refractivity contribution in [3.8, 4) is 0 Å². The molecule has 0 radical (unpaired) electrons. The number of nitrogens with zero attached hydrogens (tertiary/aromatic N) is 2. The quantitative estimate of drug-likeness (QED) is 0.836. The van der Waals surface area contributed by atoms with Gasteiger partial charge in [0, 0.05) is 6.20 Å². The maximum atomic E-state index is 4.36. The normalized spacial score (nSPS) is 15.1. The fraction of sp³-hybridized carbons (Fsp3) is 0.333. The number of aryl methyl sites for hydroxylation is 1. The van der Waals surface area contributed by atoms with Crippen molar-refractivity contribution in [1.29, 1.82) is 0 Å². The highest BCUT2D eigenvalue weighted by Gasteiger charge is 2.00. The second kappa shape index (κ2) is 5.21. The Kier molecular flexibility index (Phi) is 3.67. The van der Waals surface area contributed by atoms with Crippen molar-refractivity contribution in [1.82, 2.24) is 9.97 Å². The predicted octanol–water partition coefficient (Wildman–Crippen LogP) is 3.45. The van der Waals surface area contributed by atoms with Gasteiger partial charge in [0.15, 0.2) is 0 Å². The van der Waals surface area contributed by atoms with Crippen LogP contribution in [0.2, 0.25) is 0 Å². The van der Waals surface area contributed by atoms with Gasteiger partial charge in [0.25, 0.3) is 0 Å². The van der Waals surface area contributed by atoms with Crippen LogP contribution in [-0.4, -0.2) is 9.97 Å². The number of halogens is 1. The van der Waals surface area contributed by atoms with E-state index in [0.29, 0.717) is 0 Å². The molecule has 0 saturated heterocycles. The lowest BCUT2D eigenvalue weighted by Crippen LogP contribution is -1.94. The third-order valence-electron chi connectivity index (χ3n) is 2.40. The van der Waals surface area contributed by atoms with Crippen LogP contribution in [0.3, 0.4) is 0 Å².